The van der Waals surface area contributed by atoms with Gasteiger partial charge < -0.3 is 35.5 Å². The minimum absolute atomic E-state index is 0.0321. The summed E-state index contributed by atoms with van der Waals surface area (Å²) in [5.74, 6) is -0.706. The van der Waals surface area contributed by atoms with E-state index in [9.17, 15) is 29.4 Å². The number of nitrogens with two attached hydrogens (primary N) is 1. The van der Waals surface area contributed by atoms with E-state index >= 15 is 0 Å². The summed E-state index contributed by atoms with van der Waals surface area (Å²) in [6.45, 7) is 2.14. The van der Waals surface area contributed by atoms with Crippen LogP contribution in [0.1, 0.15) is 109 Å². The van der Waals surface area contributed by atoms with Gasteiger partial charge in [-0.3, -0.25) is 23.5 Å². The van der Waals surface area contributed by atoms with E-state index < -0.39 is 28.7 Å². The SMILES string of the molecule is CCOC(=O)c1c(O)c2cccnc2n(Cc2ccc(OC)cc2)c1=O.COc1ccc(Cn2c(=O)c(C(=O)NC3CCCCC3)c(O)c3cccnc32)cc1.N#Cc1c(Cl)nc2ncccc2c1Cl.NC1CCCCC1. The maximum Gasteiger partial charge on any atom is 0.347 e. The van der Waals surface area contributed by atoms with Crippen LogP contribution in [0.2, 0.25) is 10.2 Å². The van der Waals surface area contributed by atoms with Crippen LogP contribution < -0.4 is 31.6 Å². The number of nitriles is 1. The zero-order valence-electron chi connectivity index (χ0n) is 42.9. The predicted molar refractivity (Wildman–Crippen MR) is 295 cm³/mol. The lowest BCUT2D eigenvalue weighted by Gasteiger charge is -2.23. The molecule has 77 heavy (non-hydrogen) atoms. The van der Waals surface area contributed by atoms with Crippen LogP contribution in [-0.2, 0) is 17.8 Å². The molecule has 2 aliphatic carbocycles. The van der Waals surface area contributed by atoms with E-state index in [4.69, 9.17) is 48.4 Å². The van der Waals surface area contributed by atoms with E-state index in [-0.39, 0.29) is 53.3 Å². The fourth-order valence-corrected chi connectivity index (χ4v) is 9.55. The molecule has 10 rings (SSSR count). The molecular weight excluding hydrogens is 1030 g/mol. The van der Waals surface area contributed by atoms with Gasteiger partial charge in [0.1, 0.15) is 51.5 Å². The maximum absolute atomic E-state index is 13.3. The first-order valence-electron chi connectivity index (χ1n) is 25.2. The standard InChI is InChI=1S/C23H25N3O4.C19H18N2O5.C9H3Cl2N3.C6H13N/c1-30-17-11-9-15(10-12-17)14-26-21-18(8-5-13-24-21)20(27)19(23(26)29)22(28)25-16-6-3-2-4-7-16;1-3-26-19(24)15-16(22)14-5-4-10-20-17(14)21(18(15)23)11-12-6-8-13(25-2)9-7-12;10-7-5-2-1-3-13-9(5)14-8(11)6(7)4-12;7-6-4-2-1-3-5-6/h5,8-13,16,27H,2-4,6-7,14H2,1H3,(H,25,28);4-10,22H,3,11H2,1-2H3;1-3H;6H,1-5,7H2. The second-order valence-corrected chi connectivity index (χ2v) is 18.9. The number of esters is 1. The van der Waals surface area contributed by atoms with Gasteiger partial charge in [0.25, 0.3) is 17.0 Å². The van der Waals surface area contributed by atoms with Crippen molar-refractivity contribution in [2.24, 2.45) is 5.73 Å². The number of nitrogens with one attached hydrogen (secondary N) is 1. The molecule has 2 saturated carbocycles. The molecule has 0 bridgehead atoms. The van der Waals surface area contributed by atoms with Gasteiger partial charge in [0.15, 0.2) is 16.4 Å². The number of methoxy groups -OCH3 is 2. The second kappa shape index (κ2) is 27.1. The Labute approximate surface area is 454 Å². The van der Waals surface area contributed by atoms with Crippen LogP contribution >= 0.6 is 23.2 Å². The van der Waals surface area contributed by atoms with Gasteiger partial charge in [-0.2, -0.15) is 5.26 Å². The van der Waals surface area contributed by atoms with E-state index in [1.807, 2.05) is 42.5 Å². The lowest BCUT2D eigenvalue weighted by molar-refractivity contribution is 0.0520. The molecule has 1 amide bonds. The van der Waals surface area contributed by atoms with Crippen LogP contribution in [0.25, 0.3) is 33.1 Å². The number of nitrogens with zero attached hydrogens (tertiary/aromatic N) is 7. The van der Waals surface area contributed by atoms with E-state index in [1.165, 1.54) is 47.4 Å². The van der Waals surface area contributed by atoms with Crippen molar-refractivity contribution >= 4 is 68.2 Å². The summed E-state index contributed by atoms with van der Waals surface area (Å²) in [6.07, 6.45) is 16.4. The van der Waals surface area contributed by atoms with Gasteiger partial charge in [-0.05, 0) is 104 Å². The van der Waals surface area contributed by atoms with Gasteiger partial charge in [0.2, 0.25) is 0 Å². The number of halogens is 2. The molecule has 5 N–H and O–H groups in total. The largest absolute Gasteiger partial charge is 0.506 e. The smallest absolute Gasteiger partial charge is 0.347 e. The number of carbonyl (C=O) groups excluding carboxylic acids is 2. The molecular formula is C57H59Cl2N9O9. The Balaban J connectivity index is 0.000000165. The zero-order chi connectivity index (χ0) is 55.0. The number of carbonyl (C=O) groups is 2. The number of aromatic hydroxyl groups is 2. The summed E-state index contributed by atoms with van der Waals surface area (Å²) in [4.78, 5) is 67.8. The lowest BCUT2D eigenvalue weighted by Crippen LogP contribution is -2.40. The second-order valence-electron chi connectivity index (χ2n) is 18.2. The highest BCUT2D eigenvalue weighted by Crippen LogP contribution is 2.30. The minimum Gasteiger partial charge on any atom is -0.506 e. The first-order valence-corrected chi connectivity index (χ1v) is 25.9. The van der Waals surface area contributed by atoms with Crippen molar-refractivity contribution in [1.29, 1.82) is 5.26 Å². The van der Waals surface area contributed by atoms with Crippen LogP contribution in [0.3, 0.4) is 0 Å². The van der Waals surface area contributed by atoms with E-state index in [1.54, 1.807) is 82.1 Å². The van der Waals surface area contributed by atoms with Gasteiger partial charge in [0, 0.05) is 36.1 Å². The van der Waals surface area contributed by atoms with Gasteiger partial charge in [-0.25, -0.2) is 24.7 Å². The Morgan fingerprint density at radius 3 is 1.64 bits per heavy atom. The van der Waals surface area contributed by atoms with Crippen molar-refractivity contribution in [2.75, 3.05) is 20.8 Å². The molecule has 20 heteroatoms. The average Bonchev–Trinajstić information content (AvgIpc) is 3.47. The van der Waals surface area contributed by atoms with Crippen molar-refractivity contribution < 1.29 is 34.0 Å². The van der Waals surface area contributed by atoms with Crippen LogP contribution in [0, 0.1) is 11.3 Å². The van der Waals surface area contributed by atoms with Crippen LogP contribution in [0.15, 0.2) is 113 Å². The highest BCUT2D eigenvalue weighted by atomic mass is 35.5. The van der Waals surface area contributed by atoms with Gasteiger partial charge >= 0.3 is 5.97 Å². The number of aromatic nitrogens is 6. The highest BCUT2D eigenvalue weighted by molar-refractivity contribution is 6.39. The fraction of sp³-hybridized carbons (Fsp3) is 0.316. The number of hydrogen-bond donors (Lipinski definition) is 4. The van der Waals surface area contributed by atoms with E-state index in [0.29, 0.717) is 55.7 Å². The van der Waals surface area contributed by atoms with Gasteiger partial charge in [0.05, 0.1) is 49.7 Å². The maximum atomic E-state index is 13.3. The van der Waals surface area contributed by atoms with Crippen molar-refractivity contribution in [3.8, 4) is 29.1 Å². The number of benzene rings is 2. The Kier molecular flexibility index (Phi) is 19.9. The van der Waals surface area contributed by atoms with E-state index in [0.717, 1.165) is 43.2 Å². The molecule has 2 aromatic carbocycles. The van der Waals surface area contributed by atoms with Crippen LogP contribution in [0.4, 0.5) is 0 Å². The molecule has 0 atom stereocenters. The molecule has 400 valence electrons. The first-order chi connectivity index (χ1) is 37.3. The Morgan fingerprint density at radius 1 is 0.701 bits per heavy atom. The normalized spacial score (nSPS) is 13.4. The number of ether oxygens (including phenoxy) is 3. The predicted octanol–water partition coefficient (Wildman–Crippen LogP) is 9.64. The van der Waals surface area contributed by atoms with Gasteiger partial charge in [-0.1, -0.05) is 86.0 Å². The number of hydrogen-bond acceptors (Lipinski definition) is 15. The molecule has 0 spiro atoms. The topological polar surface area (TPSA) is 260 Å². The summed E-state index contributed by atoms with van der Waals surface area (Å²) >= 11 is 11.7. The van der Waals surface area contributed by atoms with Crippen molar-refractivity contribution in [3.05, 3.63) is 162 Å². The van der Waals surface area contributed by atoms with Gasteiger partial charge in [-0.15, -0.1) is 0 Å². The molecule has 8 aromatic rings. The molecule has 2 fully saturated rings. The summed E-state index contributed by atoms with van der Waals surface area (Å²) in [5.41, 5.74) is 6.76. The quantitative estimate of drug-likeness (QED) is 0.0734. The first kappa shape index (κ1) is 56.6. The lowest BCUT2D eigenvalue weighted by atomic mass is 9.95. The van der Waals surface area contributed by atoms with E-state index in [2.05, 4.69) is 25.3 Å². The third-order valence-corrected chi connectivity index (χ3v) is 13.7. The summed E-state index contributed by atoms with van der Waals surface area (Å²) in [6, 6.07) is 27.0. The molecule has 0 radical (unpaired) electrons. The third-order valence-electron chi connectivity index (χ3n) is 13.0. The number of amides is 1. The summed E-state index contributed by atoms with van der Waals surface area (Å²) < 4.78 is 18.0. The van der Waals surface area contributed by atoms with Crippen molar-refractivity contribution in [1.82, 2.24) is 34.4 Å². The summed E-state index contributed by atoms with van der Waals surface area (Å²) in [7, 11) is 3.16. The monoisotopic (exact) mass is 1080 g/mol. The Hall–Kier alpha value is -8.11. The highest BCUT2D eigenvalue weighted by Gasteiger charge is 2.27. The Morgan fingerprint density at radius 2 is 1.17 bits per heavy atom. The minimum atomic E-state index is -0.857. The number of fused-ring (bicyclic) bond motifs is 3. The van der Waals surface area contributed by atoms with Crippen molar-refractivity contribution in [3.63, 3.8) is 0 Å². The molecule has 6 aromatic heterocycles. The van der Waals surface area contributed by atoms with Crippen LogP contribution in [0.5, 0.6) is 23.0 Å². The van der Waals surface area contributed by atoms with Crippen molar-refractivity contribution in [2.45, 2.75) is 96.3 Å². The molecule has 6 heterocycles. The number of rotatable bonds is 10. The van der Waals surface area contributed by atoms with Crippen LogP contribution in [-0.4, -0.2) is 84.1 Å². The molecule has 0 saturated heterocycles. The molecule has 18 nitrogen and oxygen atoms in total. The Bertz CT molecular complexity index is 3520. The molecule has 0 unspecified atom stereocenters. The fourth-order valence-electron chi connectivity index (χ4n) is 9.01. The molecule has 0 aliphatic heterocycles. The zero-order valence-corrected chi connectivity index (χ0v) is 44.4. The molecule has 2 aliphatic rings. The summed E-state index contributed by atoms with van der Waals surface area (Å²) in [5, 5.41) is 34.6. The third kappa shape index (κ3) is 13.8. The average molecular weight is 1090 g/mol. The number of pyridine rings is 6.